The molecule has 150 valence electrons. The molecule has 2 aromatic rings. The fraction of sp³-hybridized carbons (Fsp3) is 0.429. The number of para-hydroxylation sites is 1. The van der Waals surface area contributed by atoms with Gasteiger partial charge in [0.1, 0.15) is 11.4 Å². The van der Waals surface area contributed by atoms with Gasteiger partial charge in [0.15, 0.2) is 0 Å². The van der Waals surface area contributed by atoms with Gasteiger partial charge in [0.25, 0.3) is 5.69 Å². The monoisotopic (exact) mass is 385 g/mol. The number of aliphatic hydroxyl groups excluding tert-OH is 1. The van der Waals surface area contributed by atoms with Gasteiger partial charge in [-0.15, -0.1) is 0 Å². The third-order valence-electron chi connectivity index (χ3n) is 5.48. The van der Waals surface area contributed by atoms with Crippen molar-refractivity contribution in [3.05, 3.63) is 63.7 Å². The van der Waals surface area contributed by atoms with Crippen LogP contribution in [0.25, 0.3) is 0 Å². The van der Waals surface area contributed by atoms with Crippen LogP contribution in [0.1, 0.15) is 42.3 Å². The molecule has 2 aromatic carbocycles. The Morgan fingerprint density at radius 1 is 1.29 bits per heavy atom. The number of piperidine rings is 1. The van der Waals surface area contributed by atoms with E-state index in [1.165, 1.54) is 5.56 Å². The average Bonchev–Trinajstić information content (AvgIpc) is 2.73. The number of hydrogen-bond acceptors (Lipinski definition) is 6. The van der Waals surface area contributed by atoms with Crippen LogP contribution in [0.4, 0.5) is 11.4 Å². The smallest absolute Gasteiger partial charge is 0.292 e. The molecule has 0 aromatic heterocycles. The van der Waals surface area contributed by atoms with E-state index in [2.05, 4.69) is 11.0 Å². The Kier molecular flexibility index (Phi) is 6.49. The van der Waals surface area contributed by atoms with Gasteiger partial charge in [-0.25, -0.2) is 0 Å². The van der Waals surface area contributed by atoms with Crippen molar-refractivity contribution >= 4 is 11.4 Å². The standard InChI is InChI=1S/C21H27N3O4/c1-28-21-5-3-2-4-17(21)15-8-11-23(12-9-15)19-7-6-16(18(22)10-13-25)14-20(19)24(26)27/h2-7,14-15,18,25H,8-13,22H2,1H3. The van der Waals surface area contributed by atoms with E-state index in [0.29, 0.717) is 23.6 Å². The summed E-state index contributed by atoms with van der Waals surface area (Å²) in [6.45, 7) is 1.43. The second-order valence-electron chi connectivity index (χ2n) is 7.13. The minimum atomic E-state index is -0.408. The minimum absolute atomic E-state index is 0.0484. The van der Waals surface area contributed by atoms with Crippen LogP contribution < -0.4 is 15.4 Å². The first kappa shape index (κ1) is 20.1. The van der Waals surface area contributed by atoms with Crippen LogP contribution in [0.2, 0.25) is 0 Å². The number of nitrogens with two attached hydrogens (primary N) is 1. The summed E-state index contributed by atoms with van der Waals surface area (Å²) in [6.07, 6.45) is 2.19. The molecule has 0 spiro atoms. The van der Waals surface area contributed by atoms with E-state index in [0.717, 1.165) is 31.7 Å². The molecule has 0 amide bonds. The molecule has 1 atom stereocenters. The molecule has 0 aliphatic carbocycles. The summed E-state index contributed by atoms with van der Waals surface area (Å²) in [4.78, 5) is 13.4. The molecule has 1 fully saturated rings. The van der Waals surface area contributed by atoms with Crippen molar-refractivity contribution in [3.63, 3.8) is 0 Å². The summed E-state index contributed by atoms with van der Waals surface area (Å²) in [5, 5.41) is 20.7. The maximum atomic E-state index is 11.6. The minimum Gasteiger partial charge on any atom is -0.496 e. The van der Waals surface area contributed by atoms with Crippen LogP contribution in [0, 0.1) is 10.1 Å². The molecule has 7 nitrogen and oxygen atoms in total. The van der Waals surface area contributed by atoms with Crippen LogP contribution in [-0.4, -0.2) is 36.8 Å². The Morgan fingerprint density at radius 3 is 2.64 bits per heavy atom. The Labute approximate surface area is 164 Å². The molecule has 28 heavy (non-hydrogen) atoms. The summed E-state index contributed by atoms with van der Waals surface area (Å²) >= 11 is 0. The highest BCUT2D eigenvalue weighted by Crippen LogP contribution is 2.38. The van der Waals surface area contributed by atoms with Gasteiger partial charge in [0.05, 0.1) is 12.0 Å². The van der Waals surface area contributed by atoms with Gasteiger partial charge in [-0.1, -0.05) is 24.3 Å². The van der Waals surface area contributed by atoms with Crippen molar-refractivity contribution in [1.82, 2.24) is 0 Å². The molecule has 1 aliphatic heterocycles. The molecule has 1 aliphatic rings. The number of anilines is 1. The first-order chi connectivity index (χ1) is 13.5. The number of nitro groups is 1. The molecule has 0 saturated carbocycles. The van der Waals surface area contributed by atoms with Crippen LogP contribution in [0.15, 0.2) is 42.5 Å². The fourth-order valence-electron chi connectivity index (χ4n) is 3.93. The zero-order chi connectivity index (χ0) is 20.1. The Hall–Kier alpha value is -2.64. The van der Waals surface area contributed by atoms with E-state index in [4.69, 9.17) is 15.6 Å². The highest BCUT2D eigenvalue weighted by atomic mass is 16.6. The molecule has 0 radical (unpaired) electrons. The second kappa shape index (κ2) is 9.03. The first-order valence-corrected chi connectivity index (χ1v) is 9.57. The van der Waals surface area contributed by atoms with E-state index in [-0.39, 0.29) is 17.2 Å². The van der Waals surface area contributed by atoms with E-state index in [1.807, 2.05) is 24.3 Å². The average molecular weight is 385 g/mol. The zero-order valence-corrected chi connectivity index (χ0v) is 16.1. The molecular formula is C21H27N3O4. The van der Waals surface area contributed by atoms with Gasteiger partial charge in [0.2, 0.25) is 0 Å². The normalized spacial score (nSPS) is 16.0. The Balaban J connectivity index is 1.77. The quantitative estimate of drug-likeness (QED) is 0.560. The third kappa shape index (κ3) is 4.26. The van der Waals surface area contributed by atoms with Gasteiger partial charge in [-0.3, -0.25) is 10.1 Å². The summed E-state index contributed by atoms with van der Waals surface area (Å²) in [7, 11) is 1.68. The topological polar surface area (TPSA) is 102 Å². The Bertz CT molecular complexity index is 819. The fourth-order valence-corrected chi connectivity index (χ4v) is 3.93. The summed E-state index contributed by atoms with van der Waals surface area (Å²) in [5.74, 6) is 1.28. The highest BCUT2D eigenvalue weighted by Gasteiger charge is 2.27. The number of benzene rings is 2. The lowest BCUT2D eigenvalue weighted by Crippen LogP contribution is -2.33. The predicted molar refractivity (Wildman–Crippen MR) is 109 cm³/mol. The predicted octanol–water partition coefficient (Wildman–Crippen LogP) is 3.37. The first-order valence-electron chi connectivity index (χ1n) is 9.57. The van der Waals surface area contributed by atoms with Crippen molar-refractivity contribution in [2.45, 2.75) is 31.2 Å². The molecule has 1 heterocycles. The maximum absolute atomic E-state index is 11.6. The van der Waals surface area contributed by atoms with Gasteiger partial charge in [0, 0.05) is 31.8 Å². The lowest BCUT2D eigenvalue weighted by Gasteiger charge is -2.34. The SMILES string of the molecule is COc1ccccc1C1CCN(c2ccc(C(N)CCO)cc2[N+](=O)[O-])CC1. The van der Waals surface area contributed by atoms with E-state index >= 15 is 0 Å². The van der Waals surface area contributed by atoms with Crippen molar-refractivity contribution in [3.8, 4) is 5.75 Å². The lowest BCUT2D eigenvalue weighted by atomic mass is 9.88. The van der Waals surface area contributed by atoms with Crippen molar-refractivity contribution in [2.24, 2.45) is 5.73 Å². The highest BCUT2D eigenvalue weighted by molar-refractivity contribution is 5.65. The van der Waals surface area contributed by atoms with Crippen molar-refractivity contribution in [2.75, 3.05) is 31.7 Å². The summed E-state index contributed by atoms with van der Waals surface area (Å²) in [5.41, 5.74) is 8.58. The number of methoxy groups -OCH3 is 1. The second-order valence-corrected chi connectivity index (χ2v) is 7.13. The number of nitrogens with zero attached hydrogens (tertiary/aromatic N) is 2. The maximum Gasteiger partial charge on any atom is 0.292 e. The van der Waals surface area contributed by atoms with Crippen LogP contribution in [0.3, 0.4) is 0 Å². The molecule has 0 bridgehead atoms. The summed E-state index contributed by atoms with van der Waals surface area (Å²) < 4.78 is 5.48. The molecule has 1 unspecified atom stereocenters. The van der Waals surface area contributed by atoms with Gasteiger partial charge < -0.3 is 20.5 Å². The van der Waals surface area contributed by atoms with Gasteiger partial charge in [-0.2, -0.15) is 0 Å². The van der Waals surface area contributed by atoms with Crippen LogP contribution in [0.5, 0.6) is 5.75 Å². The van der Waals surface area contributed by atoms with Crippen LogP contribution in [-0.2, 0) is 0 Å². The molecule has 3 rings (SSSR count). The Morgan fingerprint density at radius 2 is 2.00 bits per heavy atom. The van der Waals surface area contributed by atoms with E-state index in [9.17, 15) is 10.1 Å². The largest absolute Gasteiger partial charge is 0.496 e. The van der Waals surface area contributed by atoms with E-state index < -0.39 is 6.04 Å². The van der Waals surface area contributed by atoms with Crippen molar-refractivity contribution < 1.29 is 14.8 Å². The molecule has 7 heteroatoms. The number of rotatable bonds is 7. The third-order valence-corrected chi connectivity index (χ3v) is 5.48. The van der Waals surface area contributed by atoms with E-state index in [1.54, 1.807) is 19.2 Å². The number of ether oxygens (including phenoxy) is 1. The summed E-state index contributed by atoms with van der Waals surface area (Å²) in [6, 6.07) is 12.8. The van der Waals surface area contributed by atoms with Crippen molar-refractivity contribution in [1.29, 1.82) is 0 Å². The van der Waals surface area contributed by atoms with Gasteiger partial charge >= 0.3 is 0 Å². The molecular weight excluding hydrogens is 358 g/mol. The number of nitro benzene ring substituents is 1. The molecule has 3 N–H and O–H groups in total. The number of hydrogen-bond donors (Lipinski definition) is 2. The lowest BCUT2D eigenvalue weighted by molar-refractivity contribution is -0.384. The molecule has 1 saturated heterocycles. The van der Waals surface area contributed by atoms with Crippen LogP contribution >= 0.6 is 0 Å². The number of aliphatic hydroxyl groups is 1. The zero-order valence-electron chi connectivity index (χ0n) is 16.1. The van der Waals surface area contributed by atoms with Gasteiger partial charge in [-0.05, 0) is 48.4 Å².